The maximum atomic E-state index is 16.5. The van der Waals surface area contributed by atoms with Crippen molar-refractivity contribution in [3.05, 3.63) is 90.2 Å². The summed E-state index contributed by atoms with van der Waals surface area (Å²) in [6.07, 6.45) is -11.1. The summed E-state index contributed by atoms with van der Waals surface area (Å²) in [6, 6.07) is 12.9. The molecule has 4 aromatic rings. The highest BCUT2D eigenvalue weighted by Gasteiger charge is 2.56. The molecule has 3 N–H and O–H groups in total. The number of amides is 1. The quantitative estimate of drug-likeness (QED) is 0.143. The van der Waals surface area contributed by atoms with Crippen LogP contribution in [-0.4, -0.2) is 110 Å². The third-order valence-corrected chi connectivity index (χ3v) is 14.4. The Balaban J connectivity index is 1.10. The summed E-state index contributed by atoms with van der Waals surface area (Å²) in [5.74, 6) is -1.15. The van der Waals surface area contributed by atoms with E-state index in [0.717, 1.165) is 23.5 Å². The van der Waals surface area contributed by atoms with E-state index in [9.17, 15) is 28.4 Å². The molecule has 0 aliphatic carbocycles. The molecule has 24 heteroatoms. The van der Waals surface area contributed by atoms with Gasteiger partial charge in [-0.25, -0.2) is 32.9 Å². The summed E-state index contributed by atoms with van der Waals surface area (Å²) >= 11 is 0.613. The molecule has 3 saturated heterocycles. The van der Waals surface area contributed by atoms with Crippen molar-refractivity contribution in [2.45, 2.75) is 61.4 Å². The van der Waals surface area contributed by atoms with Crippen LogP contribution in [-0.2, 0) is 52.0 Å². The van der Waals surface area contributed by atoms with Crippen molar-refractivity contribution in [3.8, 4) is 5.75 Å². The number of halogens is 2. The molecule has 2 aromatic carbocycles. The van der Waals surface area contributed by atoms with Gasteiger partial charge in [-0.15, -0.1) is 0 Å². The topological polar surface area (TPSA) is 243 Å². The lowest BCUT2D eigenvalue weighted by molar-refractivity contribution is -0.146. The molecular weight excluding hydrogens is 844 g/mol. The van der Waals surface area contributed by atoms with Crippen molar-refractivity contribution in [1.29, 1.82) is 0 Å². The number of nitrogens with zero attached hydrogens (tertiary/aromatic N) is 5. The van der Waals surface area contributed by atoms with Gasteiger partial charge in [0.15, 0.2) is 47.8 Å². The molecular formula is C35H34F2N6O13P2S. The second-order valence-corrected chi connectivity index (χ2v) is 19.0. The number of nitrogens with two attached hydrogens (primary N) is 1. The van der Waals surface area contributed by atoms with Crippen LogP contribution in [0.25, 0.3) is 11.2 Å². The molecule has 2 unspecified atom stereocenters. The molecule has 0 saturated carbocycles. The van der Waals surface area contributed by atoms with Crippen molar-refractivity contribution in [2.24, 2.45) is 0 Å². The third-order valence-electron chi connectivity index (χ3n) is 9.76. The Bertz CT molecular complexity index is 2390. The fourth-order valence-electron chi connectivity index (χ4n) is 6.75. The molecule has 4 aliphatic rings. The van der Waals surface area contributed by atoms with Crippen LogP contribution in [0.2, 0.25) is 0 Å². The van der Waals surface area contributed by atoms with Gasteiger partial charge in [0.05, 0.1) is 33.1 Å². The zero-order chi connectivity index (χ0) is 41.6. The fourth-order valence-corrected chi connectivity index (χ4v) is 11.1. The number of imidazole rings is 1. The predicted molar refractivity (Wildman–Crippen MR) is 201 cm³/mol. The van der Waals surface area contributed by atoms with E-state index >= 15 is 8.78 Å². The monoisotopic (exact) mass is 878 g/mol. The van der Waals surface area contributed by atoms with Crippen LogP contribution in [0.1, 0.15) is 34.1 Å². The number of nitrogen functional groups attached to an aromatic ring is 1. The highest BCUT2D eigenvalue weighted by atomic mass is 32.7. The smallest absolute Gasteiger partial charge is 0.472 e. The van der Waals surface area contributed by atoms with Gasteiger partial charge in [-0.3, -0.25) is 41.9 Å². The third kappa shape index (κ3) is 8.47. The number of phosphoric ester groups is 1. The Hall–Kier alpha value is -4.47. The van der Waals surface area contributed by atoms with Crippen LogP contribution in [0, 0.1) is 0 Å². The Morgan fingerprint density at radius 2 is 1.63 bits per heavy atom. The lowest BCUT2D eigenvalue weighted by Gasteiger charge is -2.28. The average molecular weight is 879 g/mol. The Morgan fingerprint density at radius 1 is 0.932 bits per heavy atom. The van der Waals surface area contributed by atoms with Crippen LogP contribution in [0.3, 0.4) is 0 Å². The van der Waals surface area contributed by atoms with E-state index in [4.69, 9.17) is 38.0 Å². The number of fused-ring (bicyclic) bond motifs is 4. The normalized spacial score (nSPS) is 32.6. The first-order valence-electron chi connectivity index (χ1n) is 17.8. The number of rotatable bonds is 8. The van der Waals surface area contributed by atoms with Crippen molar-refractivity contribution in [3.63, 3.8) is 0 Å². The minimum Gasteiger partial charge on any atom is -0.497 e. The number of aromatic nitrogens is 4. The van der Waals surface area contributed by atoms with E-state index in [2.05, 4.69) is 15.0 Å². The zero-order valence-electron chi connectivity index (χ0n) is 30.6. The van der Waals surface area contributed by atoms with Crippen molar-refractivity contribution in [2.75, 3.05) is 26.1 Å². The number of anilines is 1. The molecule has 4 aliphatic heterocycles. The number of benzene rings is 2. The van der Waals surface area contributed by atoms with Crippen LogP contribution in [0.15, 0.2) is 73.5 Å². The van der Waals surface area contributed by atoms with Crippen molar-refractivity contribution >= 4 is 60.5 Å². The van der Waals surface area contributed by atoms with Gasteiger partial charge in [0.1, 0.15) is 42.0 Å². The number of carbonyl (C=O) groups excluding carboxylic acids is 3. The highest BCUT2D eigenvalue weighted by molar-refractivity contribution is 8.54. The standard InChI is InChI=1S/C35H34F2N6O13P2S/c1-50-22-8-6-20(7-9-22)29(46)19-4-2-18(3-5-19)15-59-58(49)52-14-24-30(27(37)34(54-24)42-11-10-21(44)12-25(42)45)55-57(47,48)51-13-23-26(36)31(56-58)35(53-23)43-17-41-28-32(38)39-16-40-33(28)43/h2-11,16-17,23-24,26-27,30-31,34-35H,12-15H2,1H3,(H,47,48)(H2,38,39,40)/t23-,24-,26-,27-,30-,31-,34-,35-,58?/m1/s1. The first kappa shape index (κ1) is 41.3. The minimum absolute atomic E-state index is 0.00776. The Labute approximate surface area is 337 Å². The van der Waals surface area contributed by atoms with Gasteiger partial charge < -0.3 is 24.8 Å². The van der Waals surface area contributed by atoms with E-state index < -0.39 is 95.2 Å². The molecule has 1 amide bonds. The Kier molecular flexibility index (Phi) is 11.6. The van der Waals surface area contributed by atoms with Crippen LogP contribution in [0.4, 0.5) is 14.6 Å². The summed E-state index contributed by atoms with van der Waals surface area (Å²) in [5.41, 5.74) is 7.49. The molecule has 0 radical (unpaired) electrons. The second-order valence-electron chi connectivity index (χ2n) is 13.5. The van der Waals surface area contributed by atoms with Gasteiger partial charge >= 0.3 is 14.6 Å². The minimum atomic E-state index is -5.25. The number of alkyl halides is 2. The van der Waals surface area contributed by atoms with Gasteiger partial charge in [-0.2, -0.15) is 0 Å². The number of ether oxygens (including phenoxy) is 3. The summed E-state index contributed by atoms with van der Waals surface area (Å²) in [7, 11) is -3.74. The first-order valence-corrected chi connectivity index (χ1v) is 22.4. The van der Waals surface area contributed by atoms with Gasteiger partial charge in [0, 0.05) is 23.1 Å². The summed E-state index contributed by atoms with van der Waals surface area (Å²) < 4.78 is 101. The van der Waals surface area contributed by atoms with E-state index in [1.807, 2.05) is 0 Å². The molecule has 0 spiro atoms. The number of ketones is 2. The zero-order valence-corrected chi connectivity index (χ0v) is 33.2. The molecule has 8 rings (SSSR count). The molecule has 2 bridgehead atoms. The van der Waals surface area contributed by atoms with Crippen LogP contribution in [0.5, 0.6) is 5.75 Å². The lowest BCUT2D eigenvalue weighted by Crippen LogP contribution is -2.44. The lowest BCUT2D eigenvalue weighted by atomic mass is 10.0. The number of phosphoric acid groups is 1. The molecule has 312 valence electrons. The second kappa shape index (κ2) is 16.5. The van der Waals surface area contributed by atoms with E-state index in [-0.39, 0.29) is 28.5 Å². The van der Waals surface area contributed by atoms with Crippen LogP contribution >= 0.6 is 26.0 Å². The van der Waals surface area contributed by atoms with E-state index in [0.29, 0.717) is 33.8 Å². The molecule has 10 atom stereocenters. The number of allylic oxidation sites excluding steroid dienone is 1. The molecule has 2 aromatic heterocycles. The molecule has 19 nitrogen and oxygen atoms in total. The van der Waals surface area contributed by atoms with E-state index in [1.165, 1.54) is 18.0 Å². The fraction of sp³-hybridized carbons (Fsp3) is 0.371. The largest absolute Gasteiger partial charge is 0.497 e. The maximum Gasteiger partial charge on any atom is 0.472 e. The molecule has 3 fully saturated rings. The van der Waals surface area contributed by atoms with Gasteiger partial charge in [-0.05, 0) is 47.3 Å². The van der Waals surface area contributed by atoms with Gasteiger partial charge in [0.2, 0.25) is 5.91 Å². The van der Waals surface area contributed by atoms with E-state index in [1.54, 1.807) is 48.5 Å². The number of hydrogen-bond donors (Lipinski definition) is 2. The van der Waals surface area contributed by atoms with Crippen LogP contribution < -0.4 is 10.5 Å². The highest BCUT2D eigenvalue weighted by Crippen LogP contribution is 2.65. The summed E-state index contributed by atoms with van der Waals surface area (Å²) in [6.45, 7) is -6.43. The first-order chi connectivity index (χ1) is 28.2. The number of methoxy groups -OCH3 is 1. The molecule has 6 heterocycles. The molecule has 59 heavy (non-hydrogen) atoms. The summed E-state index contributed by atoms with van der Waals surface area (Å²) in [4.78, 5) is 61.4. The van der Waals surface area contributed by atoms with Gasteiger partial charge in [-0.1, -0.05) is 24.3 Å². The Morgan fingerprint density at radius 3 is 2.34 bits per heavy atom. The number of hydrogen-bond acceptors (Lipinski definition) is 17. The summed E-state index contributed by atoms with van der Waals surface area (Å²) in [5, 5.41) is 0. The maximum absolute atomic E-state index is 16.5. The SMILES string of the molecule is COc1ccc(C(=O)c2ccc(CSP3(=O)OC[C@H]4O[C@@H](N5C=CC(=O)CC5=O)[C@H](F)[C@@H]4OP(=O)(O)OC[C@H]4O[C@@H](n5cnc6c(N)ncnc65)[C@H](O3)[C@@H]4F)cc2)cc1. The number of carbonyl (C=O) groups is 3. The van der Waals surface area contributed by atoms with Gasteiger partial charge in [0.25, 0.3) is 0 Å². The average Bonchev–Trinajstić information content (AvgIpc) is 3.88. The van der Waals surface area contributed by atoms with Crippen molar-refractivity contribution in [1.82, 2.24) is 24.4 Å². The van der Waals surface area contributed by atoms with Crippen molar-refractivity contribution < 1.29 is 69.5 Å². The predicted octanol–water partition coefficient (Wildman–Crippen LogP) is 4.22.